The number of aromatic nitrogens is 1. The minimum atomic E-state index is -0.0943. The lowest BCUT2D eigenvalue weighted by molar-refractivity contribution is 0.0667. The van der Waals surface area contributed by atoms with E-state index >= 15 is 0 Å². The van der Waals surface area contributed by atoms with Gasteiger partial charge in [-0.2, -0.15) is 0 Å². The van der Waals surface area contributed by atoms with E-state index in [1.165, 1.54) is 0 Å². The summed E-state index contributed by atoms with van der Waals surface area (Å²) >= 11 is 0. The molecule has 1 aromatic carbocycles. The van der Waals surface area contributed by atoms with Gasteiger partial charge in [0, 0.05) is 18.3 Å². The van der Waals surface area contributed by atoms with Gasteiger partial charge < -0.3 is 9.32 Å². The maximum Gasteiger partial charge on any atom is 0.273 e. The number of furan rings is 1. The maximum absolute atomic E-state index is 12.9. The van der Waals surface area contributed by atoms with Gasteiger partial charge >= 0.3 is 0 Å². The lowest BCUT2D eigenvalue weighted by Gasteiger charge is -2.29. The number of carbonyl (C=O) groups excluding carboxylic acids is 1. The summed E-state index contributed by atoms with van der Waals surface area (Å²) in [6.45, 7) is 2.50. The molecule has 0 saturated carbocycles. The molecule has 0 N–H and O–H groups in total. The summed E-state index contributed by atoms with van der Waals surface area (Å²) in [6.07, 6.45) is 4.92. The molecule has 116 valence electrons. The lowest BCUT2D eigenvalue weighted by atomic mass is 10.1. The first-order chi connectivity index (χ1) is 11.3. The summed E-state index contributed by atoms with van der Waals surface area (Å²) < 4.78 is 5.13. The average molecular weight is 306 g/mol. The molecule has 23 heavy (non-hydrogen) atoms. The smallest absolute Gasteiger partial charge is 0.273 e. The monoisotopic (exact) mass is 306 g/mol. The normalized spacial score (nSPS) is 11.9. The third-order valence-corrected chi connectivity index (χ3v) is 3.83. The third kappa shape index (κ3) is 3.48. The zero-order chi connectivity index (χ0) is 16.1. The Kier molecular flexibility index (Phi) is 4.52. The van der Waals surface area contributed by atoms with Gasteiger partial charge in [-0.1, -0.05) is 36.4 Å². The molecule has 0 spiro atoms. The minimum Gasteiger partial charge on any atom is -0.472 e. The standard InChI is InChI=1S/C19H18N2O2/c1-15(17-7-3-2-4-8-17)21(13-16-10-12-23-14-16)19(22)18-9-5-6-11-20-18/h2-12,14-15H,13H2,1H3. The van der Waals surface area contributed by atoms with Crippen LogP contribution in [0, 0.1) is 0 Å². The van der Waals surface area contributed by atoms with Crippen molar-refractivity contribution in [2.45, 2.75) is 19.5 Å². The van der Waals surface area contributed by atoms with Gasteiger partial charge in [0.25, 0.3) is 5.91 Å². The predicted molar refractivity (Wildman–Crippen MR) is 87.7 cm³/mol. The molecule has 0 aliphatic carbocycles. The van der Waals surface area contributed by atoms with E-state index in [0.717, 1.165) is 11.1 Å². The number of amides is 1. The van der Waals surface area contributed by atoms with E-state index in [1.54, 1.807) is 30.9 Å². The van der Waals surface area contributed by atoms with Gasteiger partial charge in [0.2, 0.25) is 0 Å². The van der Waals surface area contributed by atoms with Crippen LogP contribution in [0.15, 0.2) is 77.7 Å². The molecule has 0 aliphatic rings. The number of hydrogen-bond donors (Lipinski definition) is 0. The van der Waals surface area contributed by atoms with Gasteiger partial charge in [0.15, 0.2) is 0 Å². The van der Waals surface area contributed by atoms with E-state index in [0.29, 0.717) is 12.2 Å². The van der Waals surface area contributed by atoms with Crippen molar-refractivity contribution in [3.8, 4) is 0 Å². The Balaban J connectivity index is 1.91. The van der Waals surface area contributed by atoms with Crippen molar-refractivity contribution in [2.24, 2.45) is 0 Å². The van der Waals surface area contributed by atoms with Crippen LogP contribution in [0.5, 0.6) is 0 Å². The molecule has 0 radical (unpaired) electrons. The first kappa shape index (κ1) is 15.0. The van der Waals surface area contributed by atoms with Crippen molar-refractivity contribution < 1.29 is 9.21 Å². The van der Waals surface area contributed by atoms with Crippen LogP contribution in [0.3, 0.4) is 0 Å². The zero-order valence-electron chi connectivity index (χ0n) is 12.9. The molecule has 0 saturated heterocycles. The van der Waals surface area contributed by atoms with E-state index in [4.69, 9.17) is 4.42 Å². The van der Waals surface area contributed by atoms with Crippen molar-refractivity contribution in [1.29, 1.82) is 0 Å². The fourth-order valence-corrected chi connectivity index (χ4v) is 2.51. The average Bonchev–Trinajstić information content (AvgIpc) is 3.13. The Morgan fingerprint density at radius 2 is 1.91 bits per heavy atom. The molecule has 3 rings (SSSR count). The van der Waals surface area contributed by atoms with Gasteiger partial charge in [0.1, 0.15) is 5.69 Å². The molecular formula is C19H18N2O2. The van der Waals surface area contributed by atoms with Crippen LogP contribution < -0.4 is 0 Å². The van der Waals surface area contributed by atoms with E-state index in [-0.39, 0.29) is 11.9 Å². The zero-order valence-corrected chi connectivity index (χ0v) is 12.9. The van der Waals surface area contributed by atoms with E-state index in [1.807, 2.05) is 54.3 Å². The molecule has 1 unspecified atom stereocenters. The molecule has 0 aliphatic heterocycles. The first-order valence-electron chi connectivity index (χ1n) is 7.53. The highest BCUT2D eigenvalue weighted by Crippen LogP contribution is 2.24. The Morgan fingerprint density at radius 1 is 1.13 bits per heavy atom. The maximum atomic E-state index is 12.9. The van der Waals surface area contributed by atoms with Crippen LogP contribution in [0.1, 0.15) is 34.6 Å². The van der Waals surface area contributed by atoms with Crippen molar-refractivity contribution >= 4 is 5.91 Å². The van der Waals surface area contributed by atoms with Crippen molar-refractivity contribution in [3.63, 3.8) is 0 Å². The Labute approximate surface area is 135 Å². The Bertz CT molecular complexity index is 740. The number of hydrogen-bond acceptors (Lipinski definition) is 3. The van der Waals surface area contributed by atoms with E-state index in [2.05, 4.69) is 4.98 Å². The molecule has 2 heterocycles. The largest absolute Gasteiger partial charge is 0.472 e. The molecule has 3 aromatic rings. The summed E-state index contributed by atoms with van der Waals surface area (Å²) in [5.74, 6) is -0.0943. The molecule has 2 aromatic heterocycles. The van der Waals surface area contributed by atoms with Gasteiger partial charge in [-0.15, -0.1) is 0 Å². The molecular weight excluding hydrogens is 288 g/mol. The molecule has 4 nitrogen and oxygen atoms in total. The second-order valence-electron chi connectivity index (χ2n) is 5.37. The summed E-state index contributed by atoms with van der Waals surface area (Å²) in [6, 6.07) is 17.1. The number of carbonyl (C=O) groups is 1. The summed E-state index contributed by atoms with van der Waals surface area (Å²) in [5, 5.41) is 0. The van der Waals surface area contributed by atoms with Crippen molar-refractivity contribution in [3.05, 3.63) is 90.1 Å². The predicted octanol–water partition coefficient (Wildman–Crippen LogP) is 4.08. The van der Waals surface area contributed by atoms with Crippen LogP contribution in [0.25, 0.3) is 0 Å². The molecule has 1 atom stereocenters. The molecule has 1 amide bonds. The topological polar surface area (TPSA) is 46.3 Å². The number of benzene rings is 1. The highest BCUT2D eigenvalue weighted by atomic mass is 16.3. The summed E-state index contributed by atoms with van der Waals surface area (Å²) in [4.78, 5) is 18.9. The second-order valence-corrected chi connectivity index (χ2v) is 5.37. The lowest BCUT2D eigenvalue weighted by Crippen LogP contribution is -2.33. The van der Waals surface area contributed by atoms with Crippen LogP contribution >= 0.6 is 0 Å². The fraction of sp³-hybridized carbons (Fsp3) is 0.158. The van der Waals surface area contributed by atoms with Gasteiger partial charge in [-0.25, -0.2) is 0 Å². The SMILES string of the molecule is CC(c1ccccc1)N(Cc1ccoc1)C(=O)c1ccccn1. The summed E-state index contributed by atoms with van der Waals surface area (Å²) in [5.41, 5.74) is 2.48. The van der Waals surface area contributed by atoms with E-state index in [9.17, 15) is 4.79 Å². The minimum absolute atomic E-state index is 0.0689. The quantitative estimate of drug-likeness (QED) is 0.713. The van der Waals surface area contributed by atoms with Crippen LogP contribution in [0.4, 0.5) is 0 Å². The number of nitrogens with zero attached hydrogens (tertiary/aromatic N) is 2. The molecule has 0 bridgehead atoms. The van der Waals surface area contributed by atoms with Crippen LogP contribution in [-0.4, -0.2) is 15.8 Å². The van der Waals surface area contributed by atoms with Crippen LogP contribution in [0.2, 0.25) is 0 Å². The fourth-order valence-electron chi connectivity index (χ4n) is 2.51. The number of rotatable bonds is 5. The van der Waals surface area contributed by atoms with E-state index < -0.39 is 0 Å². The third-order valence-electron chi connectivity index (χ3n) is 3.83. The van der Waals surface area contributed by atoms with Gasteiger partial charge in [-0.05, 0) is 30.7 Å². The Hall–Kier alpha value is -2.88. The van der Waals surface area contributed by atoms with Crippen molar-refractivity contribution in [2.75, 3.05) is 0 Å². The van der Waals surface area contributed by atoms with Gasteiger partial charge in [0.05, 0.1) is 18.6 Å². The molecule has 4 heteroatoms. The number of pyridine rings is 1. The highest BCUT2D eigenvalue weighted by molar-refractivity contribution is 5.92. The van der Waals surface area contributed by atoms with Crippen molar-refractivity contribution in [1.82, 2.24) is 9.88 Å². The Morgan fingerprint density at radius 3 is 2.57 bits per heavy atom. The first-order valence-corrected chi connectivity index (χ1v) is 7.53. The second kappa shape index (κ2) is 6.92. The summed E-state index contributed by atoms with van der Waals surface area (Å²) in [7, 11) is 0. The highest BCUT2D eigenvalue weighted by Gasteiger charge is 2.24. The van der Waals surface area contributed by atoms with Gasteiger partial charge in [-0.3, -0.25) is 9.78 Å². The molecule has 0 fully saturated rings. The van der Waals surface area contributed by atoms with Crippen LogP contribution in [-0.2, 0) is 6.54 Å².